The van der Waals surface area contributed by atoms with E-state index in [9.17, 15) is 18.0 Å². The van der Waals surface area contributed by atoms with E-state index >= 15 is 0 Å². The van der Waals surface area contributed by atoms with Gasteiger partial charge in [0.1, 0.15) is 0 Å². The Morgan fingerprint density at radius 3 is 2.42 bits per heavy atom. The summed E-state index contributed by atoms with van der Waals surface area (Å²) < 4.78 is 40.4. The van der Waals surface area contributed by atoms with Crippen LogP contribution in [0.4, 0.5) is 18.9 Å². The van der Waals surface area contributed by atoms with Crippen molar-refractivity contribution >= 4 is 24.2 Å². The molecule has 1 amide bonds. The molecule has 1 aromatic carbocycles. The van der Waals surface area contributed by atoms with E-state index < -0.39 is 23.3 Å². The van der Waals surface area contributed by atoms with Gasteiger partial charge in [-0.05, 0) is 18.1 Å². The van der Waals surface area contributed by atoms with Crippen LogP contribution in [0.25, 0.3) is 0 Å². The summed E-state index contributed by atoms with van der Waals surface area (Å²) >= 11 is 4.10. The number of amides is 1. The van der Waals surface area contributed by atoms with Crippen LogP contribution in [-0.2, 0) is 4.79 Å². The van der Waals surface area contributed by atoms with Gasteiger partial charge in [-0.3, -0.25) is 4.79 Å². The second-order valence-electron chi connectivity index (χ2n) is 4.22. The van der Waals surface area contributed by atoms with Gasteiger partial charge in [-0.1, -0.05) is 26.0 Å². The van der Waals surface area contributed by atoms with Gasteiger partial charge in [0, 0.05) is 0 Å². The Balaban J connectivity index is 2.87. The molecule has 7 heteroatoms. The van der Waals surface area contributed by atoms with Gasteiger partial charge in [-0.2, -0.15) is 12.6 Å². The van der Waals surface area contributed by atoms with Gasteiger partial charge < -0.3 is 10.1 Å². The molecule has 1 unspecified atom stereocenters. The minimum absolute atomic E-state index is 0.0375. The Labute approximate surface area is 114 Å². The number of carbonyl (C=O) groups excluding carboxylic acids is 1. The minimum Gasteiger partial charge on any atom is -0.404 e. The minimum atomic E-state index is -4.81. The standard InChI is InChI=1S/C12H14F3NO2S/c1-7(2)10(19)11(17)16-8-5-3-4-6-9(8)18-12(13,14)15/h3-7,10,19H,1-2H3,(H,16,17). The first-order valence-electron chi connectivity index (χ1n) is 5.54. The third kappa shape index (κ3) is 5.02. The molecular weight excluding hydrogens is 279 g/mol. The van der Waals surface area contributed by atoms with Gasteiger partial charge in [-0.25, -0.2) is 0 Å². The lowest BCUT2D eigenvalue weighted by Gasteiger charge is -2.17. The van der Waals surface area contributed by atoms with Gasteiger partial charge in [0.25, 0.3) is 0 Å². The van der Waals surface area contributed by atoms with Crippen LogP contribution in [0, 0.1) is 5.92 Å². The van der Waals surface area contributed by atoms with Crippen molar-refractivity contribution in [3.05, 3.63) is 24.3 Å². The Hall–Kier alpha value is -1.37. The largest absolute Gasteiger partial charge is 0.573 e. The normalized spacial score (nSPS) is 13.2. The summed E-state index contributed by atoms with van der Waals surface area (Å²) in [5, 5.41) is 1.76. The van der Waals surface area contributed by atoms with Crippen molar-refractivity contribution in [1.82, 2.24) is 0 Å². The Kier molecular flexibility index (Phi) is 5.11. The number of hydrogen-bond acceptors (Lipinski definition) is 3. The first kappa shape index (κ1) is 15.7. The van der Waals surface area contributed by atoms with E-state index in [2.05, 4.69) is 22.7 Å². The number of halogens is 3. The van der Waals surface area contributed by atoms with Crippen LogP contribution in [0.3, 0.4) is 0 Å². The third-order valence-corrected chi connectivity index (χ3v) is 3.10. The lowest BCUT2D eigenvalue weighted by Crippen LogP contribution is -2.28. The molecule has 106 valence electrons. The van der Waals surface area contributed by atoms with Crippen molar-refractivity contribution in [2.45, 2.75) is 25.5 Å². The molecule has 0 aliphatic carbocycles. The van der Waals surface area contributed by atoms with Crippen LogP contribution in [-0.4, -0.2) is 17.5 Å². The zero-order chi connectivity index (χ0) is 14.6. The number of rotatable bonds is 4. The zero-order valence-corrected chi connectivity index (χ0v) is 11.3. The topological polar surface area (TPSA) is 38.3 Å². The fourth-order valence-corrected chi connectivity index (χ4v) is 1.36. The predicted octanol–water partition coefficient (Wildman–Crippen LogP) is 3.48. The van der Waals surface area contributed by atoms with E-state index in [0.29, 0.717) is 0 Å². The molecule has 3 nitrogen and oxygen atoms in total. The van der Waals surface area contributed by atoms with Gasteiger partial charge in [0.2, 0.25) is 5.91 Å². The number of alkyl halides is 3. The lowest BCUT2D eigenvalue weighted by molar-refractivity contribution is -0.274. The highest BCUT2D eigenvalue weighted by atomic mass is 32.1. The second kappa shape index (κ2) is 6.18. The first-order valence-corrected chi connectivity index (χ1v) is 6.06. The molecule has 0 aliphatic rings. The van der Waals surface area contributed by atoms with Gasteiger partial charge >= 0.3 is 6.36 Å². The number of ether oxygens (including phenoxy) is 1. The van der Waals surface area contributed by atoms with Crippen LogP contribution in [0.15, 0.2) is 24.3 Å². The molecule has 0 radical (unpaired) electrons. The zero-order valence-electron chi connectivity index (χ0n) is 10.4. The smallest absolute Gasteiger partial charge is 0.404 e. The molecule has 1 aromatic rings. The van der Waals surface area contributed by atoms with E-state index in [1.807, 2.05) is 0 Å². The fourth-order valence-electron chi connectivity index (χ4n) is 1.29. The Morgan fingerprint density at radius 2 is 1.89 bits per heavy atom. The number of carbonyl (C=O) groups is 1. The SMILES string of the molecule is CC(C)C(S)C(=O)Nc1ccccc1OC(F)(F)F. The summed E-state index contributed by atoms with van der Waals surface area (Å²) in [7, 11) is 0. The quantitative estimate of drug-likeness (QED) is 0.834. The van der Waals surface area contributed by atoms with E-state index in [4.69, 9.17) is 0 Å². The summed E-state index contributed by atoms with van der Waals surface area (Å²) in [5.41, 5.74) is -0.0375. The highest BCUT2D eigenvalue weighted by Gasteiger charge is 2.32. The number of hydrogen-bond donors (Lipinski definition) is 2. The number of thiol groups is 1. The molecule has 1 atom stereocenters. The number of anilines is 1. The van der Waals surface area contributed by atoms with Crippen molar-refractivity contribution in [2.24, 2.45) is 5.92 Å². The van der Waals surface area contributed by atoms with Crippen LogP contribution >= 0.6 is 12.6 Å². The Morgan fingerprint density at radius 1 is 1.32 bits per heavy atom. The molecule has 0 saturated carbocycles. The monoisotopic (exact) mass is 293 g/mol. The predicted molar refractivity (Wildman–Crippen MR) is 69.4 cm³/mol. The van der Waals surface area contributed by atoms with E-state index in [1.54, 1.807) is 13.8 Å². The summed E-state index contributed by atoms with van der Waals surface area (Å²) in [6, 6.07) is 5.35. The maximum absolute atomic E-state index is 12.2. The van der Waals surface area contributed by atoms with E-state index in [1.165, 1.54) is 18.2 Å². The Bertz CT molecular complexity index is 449. The molecule has 1 rings (SSSR count). The van der Waals surface area contributed by atoms with Crippen molar-refractivity contribution in [3.8, 4) is 5.75 Å². The van der Waals surface area contributed by atoms with Crippen molar-refractivity contribution < 1.29 is 22.7 Å². The van der Waals surface area contributed by atoms with Crippen molar-refractivity contribution in [3.63, 3.8) is 0 Å². The first-order chi connectivity index (χ1) is 8.70. The molecule has 0 saturated heterocycles. The van der Waals surface area contributed by atoms with E-state index in [0.717, 1.165) is 6.07 Å². The molecule has 0 fully saturated rings. The third-order valence-electron chi connectivity index (χ3n) is 2.27. The highest BCUT2D eigenvalue weighted by Crippen LogP contribution is 2.30. The maximum Gasteiger partial charge on any atom is 0.573 e. The summed E-state index contributed by atoms with van der Waals surface area (Å²) in [6.07, 6.45) is -4.81. The molecule has 19 heavy (non-hydrogen) atoms. The number of benzene rings is 1. The maximum atomic E-state index is 12.2. The summed E-state index contributed by atoms with van der Waals surface area (Å²) in [4.78, 5) is 11.7. The summed E-state index contributed by atoms with van der Waals surface area (Å²) in [6.45, 7) is 3.57. The van der Waals surface area contributed by atoms with Crippen LogP contribution in [0.2, 0.25) is 0 Å². The van der Waals surface area contributed by atoms with Crippen LogP contribution < -0.4 is 10.1 Å². The van der Waals surface area contributed by atoms with E-state index in [-0.39, 0.29) is 11.6 Å². The van der Waals surface area contributed by atoms with Crippen molar-refractivity contribution in [1.29, 1.82) is 0 Å². The lowest BCUT2D eigenvalue weighted by atomic mass is 10.1. The summed E-state index contributed by atoms with van der Waals surface area (Å²) in [5.74, 6) is -0.969. The molecule has 0 heterocycles. The highest BCUT2D eigenvalue weighted by molar-refractivity contribution is 7.81. The molecule has 0 aliphatic heterocycles. The second-order valence-corrected chi connectivity index (χ2v) is 4.78. The fraction of sp³-hybridized carbons (Fsp3) is 0.417. The number of para-hydroxylation sites is 2. The van der Waals surface area contributed by atoms with Crippen LogP contribution in [0.5, 0.6) is 5.75 Å². The number of nitrogens with one attached hydrogen (secondary N) is 1. The van der Waals surface area contributed by atoms with Gasteiger partial charge in [-0.15, -0.1) is 13.2 Å². The molecule has 1 N–H and O–H groups in total. The molecule has 0 aromatic heterocycles. The molecular formula is C12H14F3NO2S. The van der Waals surface area contributed by atoms with Gasteiger partial charge in [0.05, 0.1) is 10.9 Å². The van der Waals surface area contributed by atoms with Crippen molar-refractivity contribution in [2.75, 3.05) is 5.32 Å². The van der Waals surface area contributed by atoms with Gasteiger partial charge in [0.15, 0.2) is 5.75 Å². The average molecular weight is 293 g/mol. The van der Waals surface area contributed by atoms with Crippen LogP contribution in [0.1, 0.15) is 13.8 Å². The average Bonchev–Trinajstić information content (AvgIpc) is 2.28. The molecule has 0 bridgehead atoms. The molecule has 0 spiro atoms.